The number of nitrogens with zero attached hydrogens (tertiary/aromatic N) is 3. The molecule has 1 fully saturated rings. The second-order valence-corrected chi connectivity index (χ2v) is 5.62. The van der Waals surface area contributed by atoms with Crippen LogP contribution in [-0.2, 0) is 7.05 Å². The molecule has 0 aliphatic heterocycles. The van der Waals surface area contributed by atoms with E-state index in [9.17, 15) is 4.79 Å². The molecule has 2 heterocycles. The highest BCUT2D eigenvalue weighted by Crippen LogP contribution is 2.28. The van der Waals surface area contributed by atoms with Gasteiger partial charge in [-0.25, -0.2) is 0 Å². The first-order chi connectivity index (χ1) is 9.69. The fourth-order valence-electron chi connectivity index (χ4n) is 3.16. The van der Waals surface area contributed by atoms with Crippen molar-refractivity contribution in [3.05, 3.63) is 16.6 Å². The minimum absolute atomic E-state index is 0.130. The molecular formula is C14H21N5O. The van der Waals surface area contributed by atoms with E-state index in [4.69, 9.17) is 0 Å². The molecular weight excluding hydrogens is 254 g/mol. The summed E-state index contributed by atoms with van der Waals surface area (Å²) in [5.41, 5.74) is 0.495. The molecule has 6 heteroatoms. The normalized spacial score (nSPS) is 23.1. The highest BCUT2D eigenvalue weighted by atomic mass is 16.1. The lowest BCUT2D eigenvalue weighted by molar-refractivity contribution is 0.316. The third-order valence-corrected chi connectivity index (χ3v) is 4.36. The summed E-state index contributed by atoms with van der Waals surface area (Å²) in [5.74, 6) is 1.23. The van der Waals surface area contributed by atoms with E-state index in [1.54, 1.807) is 17.9 Å². The zero-order valence-corrected chi connectivity index (χ0v) is 12.0. The molecule has 0 spiro atoms. The molecule has 1 saturated carbocycles. The number of aromatic amines is 1. The summed E-state index contributed by atoms with van der Waals surface area (Å²) in [6.07, 6.45) is 7.67. The minimum Gasteiger partial charge on any atom is -0.353 e. The van der Waals surface area contributed by atoms with E-state index in [1.807, 2.05) is 0 Å². The second kappa shape index (κ2) is 5.26. The Bertz CT molecular complexity index is 659. The molecule has 0 amide bonds. The maximum Gasteiger partial charge on any atom is 0.263 e. The van der Waals surface area contributed by atoms with E-state index in [0.717, 1.165) is 12.8 Å². The monoisotopic (exact) mass is 275 g/mol. The summed E-state index contributed by atoms with van der Waals surface area (Å²) in [7, 11) is 1.80. The van der Waals surface area contributed by atoms with Crippen molar-refractivity contribution in [2.75, 3.05) is 5.32 Å². The Morgan fingerprint density at radius 3 is 3.05 bits per heavy atom. The number of fused-ring (bicyclic) bond motifs is 1. The SMILES string of the molecule is CCC1CCCCC1Nc1nc2c(cnn2C)c(=O)[nH]1. The maximum absolute atomic E-state index is 12.0. The average molecular weight is 275 g/mol. The summed E-state index contributed by atoms with van der Waals surface area (Å²) >= 11 is 0. The maximum atomic E-state index is 12.0. The van der Waals surface area contributed by atoms with Gasteiger partial charge in [0.05, 0.1) is 6.20 Å². The molecule has 0 aromatic carbocycles. The van der Waals surface area contributed by atoms with E-state index in [-0.39, 0.29) is 5.56 Å². The Morgan fingerprint density at radius 2 is 2.25 bits per heavy atom. The van der Waals surface area contributed by atoms with E-state index < -0.39 is 0 Å². The Morgan fingerprint density at radius 1 is 1.45 bits per heavy atom. The molecule has 1 aliphatic carbocycles. The summed E-state index contributed by atoms with van der Waals surface area (Å²) in [6.45, 7) is 2.23. The first-order valence-electron chi connectivity index (χ1n) is 7.37. The van der Waals surface area contributed by atoms with Crippen LogP contribution in [0.15, 0.2) is 11.0 Å². The van der Waals surface area contributed by atoms with Gasteiger partial charge in [-0.15, -0.1) is 0 Å². The standard InChI is InChI=1S/C14H21N5O/c1-3-9-6-4-5-7-11(9)16-14-17-12-10(13(20)18-14)8-15-19(12)2/h8-9,11H,3-7H2,1-2H3,(H2,16,17,18,20). The van der Waals surface area contributed by atoms with Crippen molar-refractivity contribution in [1.82, 2.24) is 19.7 Å². The van der Waals surface area contributed by atoms with Crippen LogP contribution in [0.2, 0.25) is 0 Å². The molecule has 2 aromatic heterocycles. The van der Waals surface area contributed by atoms with Gasteiger partial charge in [0.25, 0.3) is 5.56 Å². The number of H-pyrrole nitrogens is 1. The van der Waals surface area contributed by atoms with E-state index in [2.05, 4.69) is 27.3 Å². The highest BCUT2D eigenvalue weighted by molar-refractivity contribution is 5.74. The van der Waals surface area contributed by atoms with Crippen LogP contribution >= 0.6 is 0 Å². The average Bonchev–Trinajstić information content (AvgIpc) is 2.82. The Labute approximate surface area is 117 Å². The lowest BCUT2D eigenvalue weighted by Gasteiger charge is -2.31. The molecule has 108 valence electrons. The van der Waals surface area contributed by atoms with Crippen LogP contribution in [0.5, 0.6) is 0 Å². The van der Waals surface area contributed by atoms with Gasteiger partial charge in [0.15, 0.2) is 5.65 Å². The third kappa shape index (κ3) is 2.30. The number of anilines is 1. The minimum atomic E-state index is -0.130. The number of rotatable bonds is 3. The molecule has 0 bridgehead atoms. The van der Waals surface area contributed by atoms with Gasteiger partial charge in [-0.3, -0.25) is 14.5 Å². The number of aryl methyl sites for hydroxylation is 1. The van der Waals surface area contributed by atoms with Crippen molar-refractivity contribution in [2.24, 2.45) is 13.0 Å². The van der Waals surface area contributed by atoms with Crippen LogP contribution in [0.3, 0.4) is 0 Å². The van der Waals surface area contributed by atoms with E-state index in [1.165, 1.54) is 19.3 Å². The largest absolute Gasteiger partial charge is 0.353 e. The predicted molar refractivity (Wildman–Crippen MR) is 78.8 cm³/mol. The topological polar surface area (TPSA) is 75.6 Å². The Kier molecular flexibility index (Phi) is 3.46. The van der Waals surface area contributed by atoms with Crippen molar-refractivity contribution in [3.8, 4) is 0 Å². The van der Waals surface area contributed by atoms with Gasteiger partial charge < -0.3 is 5.32 Å². The van der Waals surface area contributed by atoms with Gasteiger partial charge in [-0.05, 0) is 18.8 Å². The fraction of sp³-hybridized carbons (Fsp3) is 0.643. The number of hydrogen-bond donors (Lipinski definition) is 2. The van der Waals surface area contributed by atoms with Gasteiger partial charge in [0.1, 0.15) is 5.39 Å². The Balaban J connectivity index is 1.90. The lowest BCUT2D eigenvalue weighted by atomic mass is 9.83. The molecule has 2 atom stereocenters. The summed E-state index contributed by atoms with van der Waals surface area (Å²) in [6, 6.07) is 0.405. The van der Waals surface area contributed by atoms with Crippen LogP contribution in [0, 0.1) is 5.92 Å². The van der Waals surface area contributed by atoms with Crippen molar-refractivity contribution in [2.45, 2.75) is 45.1 Å². The van der Waals surface area contributed by atoms with Crippen molar-refractivity contribution >= 4 is 17.0 Å². The van der Waals surface area contributed by atoms with Crippen LogP contribution in [0.1, 0.15) is 39.0 Å². The van der Waals surface area contributed by atoms with Crippen LogP contribution in [-0.4, -0.2) is 25.8 Å². The van der Waals surface area contributed by atoms with Gasteiger partial charge in [-0.2, -0.15) is 10.1 Å². The quantitative estimate of drug-likeness (QED) is 0.898. The van der Waals surface area contributed by atoms with Gasteiger partial charge in [0, 0.05) is 13.1 Å². The van der Waals surface area contributed by atoms with Crippen molar-refractivity contribution in [3.63, 3.8) is 0 Å². The van der Waals surface area contributed by atoms with Crippen LogP contribution in [0.4, 0.5) is 5.95 Å². The van der Waals surface area contributed by atoms with Gasteiger partial charge in [-0.1, -0.05) is 26.2 Å². The molecule has 2 unspecified atom stereocenters. The summed E-state index contributed by atoms with van der Waals surface area (Å²) in [5, 5.41) is 8.04. The molecule has 3 rings (SSSR count). The zero-order chi connectivity index (χ0) is 14.1. The zero-order valence-electron chi connectivity index (χ0n) is 12.0. The van der Waals surface area contributed by atoms with E-state index in [0.29, 0.717) is 28.9 Å². The highest BCUT2D eigenvalue weighted by Gasteiger charge is 2.24. The van der Waals surface area contributed by atoms with Crippen LogP contribution in [0.25, 0.3) is 11.0 Å². The predicted octanol–water partition coefficient (Wildman–Crippen LogP) is 2.04. The molecule has 0 radical (unpaired) electrons. The van der Waals surface area contributed by atoms with Crippen molar-refractivity contribution < 1.29 is 0 Å². The summed E-state index contributed by atoms with van der Waals surface area (Å²) in [4.78, 5) is 19.3. The summed E-state index contributed by atoms with van der Waals surface area (Å²) < 4.78 is 1.63. The molecule has 0 saturated heterocycles. The number of nitrogens with one attached hydrogen (secondary N) is 2. The third-order valence-electron chi connectivity index (χ3n) is 4.36. The molecule has 2 N–H and O–H groups in total. The first-order valence-corrected chi connectivity index (χ1v) is 7.37. The van der Waals surface area contributed by atoms with Gasteiger partial charge in [0.2, 0.25) is 5.95 Å². The number of aromatic nitrogens is 4. The lowest BCUT2D eigenvalue weighted by Crippen LogP contribution is -2.33. The first kappa shape index (κ1) is 13.1. The van der Waals surface area contributed by atoms with E-state index >= 15 is 0 Å². The molecule has 6 nitrogen and oxygen atoms in total. The smallest absolute Gasteiger partial charge is 0.263 e. The fourth-order valence-corrected chi connectivity index (χ4v) is 3.16. The Hall–Kier alpha value is -1.85. The number of hydrogen-bond acceptors (Lipinski definition) is 4. The second-order valence-electron chi connectivity index (χ2n) is 5.62. The van der Waals surface area contributed by atoms with Gasteiger partial charge >= 0.3 is 0 Å². The van der Waals surface area contributed by atoms with Crippen LogP contribution < -0.4 is 10.9 Å². The molecule has 2 aromatic rings. The molecule has 20 heavy (non-hydrogen) atoms. The van der Waals surface area contributed by atoms with Crippen molar-refractivity contribution in [1.29, 1.82) is 0 Å². The molecule has 1 aliphatic rings.